The van der Waals surface area contributed by atoms with E-state index in [1.807, 2.05) is 0 Å². The quantitative estimate of drug-likeness (QED) is 0.786. The molecule has 0 radical (unpaired) electrons. The van der Waals surface area contributed by atoms with Gasteiger partial charge in [-0.05, 0) is 25.1 Å². The third kappa shape index (κ3) is 3.96. The van der Waals surface area contributed by atoms with Crippen molar-refractivity contribution in [3.05, 3.63) is 29.3 Å². The third-order valence-corrected chi connectivity index (χ3v) is 3.49. The molecule has 0 heterocycles. The molecule has 0 saturated heterocycles. The molecule has 0 aliphatic carbocycles. The Kier molecular flexibility index (Phi) is 5.03. The normalized spacial score (nSPS) is 11.9. The van der Waals surface area contributed by atoms with Crippen LogP contribution in [0.25, 0.3) is 0 Å². The summed E-state index contributed by atoms with van der Waals surface area (Å²) in [5.74, 6) is -1.10. The van der Waals surface area contributed by atoms with Crippen LogP contribution in [0.3, 0.4) is 0 Å². The average molecular weight is 270 g/mol. The van der Waals surface area contributed by atoms with Gasteiger partial charge in [-0.3, -0.25) is 13.8 Å². The summed E-state index contributed by atoms with van der Waals surface area (Å²) in [5, 5.41) is 8.55. The van der Waals surface area contributed by atoms with Gasteiger partial charge in [0.05, 0.1) is 12.9 Å². The van der Waals surface area contributed by atoms with Crippen LogP contribution < -0.4 is 4.74 Å². The molecule has 0 saturated carbocycles. The molecule has 0 amide bonds. The summed E-state index contributed by atoms with van der Waals surface area (Å²) in [6, 6.07) is 4.82. The van der Waals surface area contributed by atoms with Gasteiger partial charge in [0.25, 0.3) is 0 Å². The number of benzene rings is 1. The van der Waals surface area contributed by atoms with E-state index >= 15 is 0 Å². The van der Waals surface area contributed by atoms with Gasteiger partial charge in [-0.15, -0.1) is 0 Å². The Hall–Kier alpha value is -1.69. The lowest BCUT2D eigenvalue weighted by Gasteiger charge is -2.09. The van der Waals surface area contributed by atoms with Crippen molar-refractivity contribution in [1.29, 1.82) is 0 Å². The van der Waals surface area contributed by atoms with Gasteiger partial charge in [0.2, 0.25) is 0 Å². The topological polar surface area (TPSA) is 80.7 Å². The molecule has 1 aromatic carbocycles. The van der Waals surface area contributed by atoms with Crippen molar-refractivity contribution in [2.24, 2.45) is 0 Å². The van der Waals surface area contributed by atoms with Gasteiger partial charge in [0, 0.05) is 21.9 Å². The molecular formula is C12H14O5S. The molecule has 0 aliphatic rings. The van der Waals surface area contributed by atoms with Crippen molar-refractivity contribution < 1.29 is 23.6 Å². The number of Topliss-reactive ketones (excluding diaryl/α,β-unsaturated/α-hetero) is 1. The molecule has 5 nitrogen and oxygen atoms in total. The fourth-order valence-electron chi connectivity index (χ4n) is 1.47. The van der Waals surface area contributed by atoms with Crippen molar-refractivity contribution in [2.45, 2.75) is 12.7 Å². The summed E-state index contributed by atoms with van der Waals surface area (Å²) < 4.78 is 16.7. The molecule has 0 fully saturated rings. The van der Waals surface area contributed by atoms with Crippen LogP contribution in [0.5, 0.6) is 5.75 Å². The number of carbonyl (C=O) groups is 2. The SMILES string of the molecule is COc1ccc(C(C)=O)cc1C[S@](=O)CC(=O)O. The summed E-state index contributed by atoms with van der Waals surface area (Å²) in [6.45, 7) is 1.43. The standard InChI is InChI=1S/C12H14O5S/c1-8(13)9-3-4-11(17-2)10(5-9)6-18(16)7-12(14)15/h3-5H,6-7H2,1-2H3,(H,14,15)/t18-/m0/s1. The van der Waals surface area contributed by atoms with Crippen molar-refractivity contribution in [2.75, 3.05) is 12.9 Å². The van der Waals surface area contributed by atoms with Crippen LogP contribution in [0.1, 0.15) is 22.8 Å². The molecule has 0 unspecified atom stereocenters. The number of hydrogen-bond acceptors (Lipinski definition) is 4. The van der Waals surface area contributed by atoms with Crippen LogP contribution in [0.15, 0.2) is 18.2 Å². The van der Waals surface area contributed by atoms with Crippen molar-refractivity contribution in [1.82, 2.24) is 0 Å². The maximum absolute atomic E-state index is 11.6. The van der Waals surface area contributed by atoms with Gasteiger partial charge in [-0.1, -0.05) is 0 Å². The van der Waals surface area contributed by atoms with E-state index < -0.39 is 22.5 Å². The molecule has 1 N–H and O–H groups in total. The molecule has 1 aromatic rings. The number of carboxylic acid groups (broad SMARTS) is 1. The lowest BCUT2D eigenvalue weighted by atomic mass is 10.1. The Morgan fingerprint density at radius 2 is 2.06 bits per heavy atom. The lowest BCUT2D eigenvalue weighted by molar-refractivity contribution is -0.133. The Labute approximate surface area is 107 Å². The molecule has 0 aliphatic heterocycles. The molecule has 1 atom stereocenters. The maximum atomic E-state index is 11.6. The molecule has 0 bridgehead atoms. The highest BCUT2D eigenvalue weighted by Gasteiger charge is 2.12. The predicted molar refractivity (Wildman–Crippen MR) is 67.3 cm³/mol. The first-order valence-corrected chi connectivity index (χ1v) is 6.67. The smallest absolute Gasteiger partial charge is 0.316 e. The highest BCUT2D eigenvalue weighted by atomic mass is 32.2. The Balaban J connectivity index is 2.97. The summed E-state index contributed by atoms with van der Waals surface area (Å²) >= 11 is 0. The zero-order valence-electron chi connectivity index (χ0n) is 10.1. The number of carbonyl (C=O) groups excluding carboxylic acids is 1. The Morgan fingerprint density at radius 3 is 2.56 bits per heavy atom. The molecule has 18 heavy (non-hydrogen) atoms. The van der Waals surface area contributed by atoms with Gasteiger partial charge in [0.1, 0.15) is 11.5 Å². The minimum atomic E-state index is -1.53. The molecule has 98 valence electrons. The number of methoxy groups -OCH3 is 1. The van der Waals surface area contributed by atoms with Gasteiger partial charge in [0.15, 0.2) is 5.78 Å². The van der Waals surface area contributed by atoms with E-state index in [0.717, 1.165) is 0 Å². The van der Waals surface area contributed by atoms with Crippen molar-refractivity contribution in [3.8, 4) is 5.75 Å². The highest BCUT2D eigenvalue weighted by molar-refractivity contribution is 7.84. The monoisotopic (exact) mass is 270 g/mol. The van der Waals surface area contributed by atoms with Crippen LogP contribution in [0.4, 0.5) is 0 Å². The second-order valence-electron chi connectivity index (χ2n) is 3.71. The second kappa shape index (κ2) is 6.30. The van der Waals surface area contributed by atoms with Gasteiger partial charge < -0.3 is 9.84 Å². The first-order valence-electron chi connectivity index (χ1n) is 5.18. The molecule has 0 spiro atoms. The van der Waals surface area contributed by atoms with E-state index in [-0.39, 0.29) is 11.5 Å². The largest absolute Gasteiger partial charge is 0.496 e. The summed E-state index contributed by atoms with van der Waals surface area (Å²) in [5.41, 5.74) is 1.06. The number of aliphatic carboxylic acids is 1. The summed E-state index contributed by atoms with van der Waals surface area (Å²) in [6.07, 6.45) is 0. The van der Waals surface area contributed by atoms with Crippen LogP contribution in [-0.4, -0.2) is 33.9 Å². The fourth-order valence-corrected chi connectivity index (χ4v) is 2.42. The number of ether oxygens (including phenoxy) is 1. The predicted octanol–water partition coefficient (Wildman–Crippen LogP) is 1.23. The van der Waals surface area contributed by atoms with Gasteiger partial charge in [-0.2, -0.15) is 0 Å². The summed E-state index contributed by atoms with van der Waals surface area (Å²) in [4.78, 5) is 21.7. The first kappa shape index (κ1) is 14.4. The lowest BCUT2D eigenvalue weighted by Crippen LogP contribution is -2.11. The molecule has 6 heteroatoms. The Bertz CT molecular complexity index is 495. The number of rotatable bonds is 6. The molecular weight excluding hydrogens is 256 g/mol. The summed E-state index contributed by atoms with van der Waals surface area (Å²) in [7, 11) is -0.0607. The maximum Gasteiger partial charge on any atom is 0.316 e. The highest BCUT2D eigenvalue weighted by Crippen LogP contribution is 2.21. The minimum absolute atomic E-state index is 0.0522. The van der Waals surface area contributed by atoms with Gasteiger partial charge >= 0.3 is 5.97 Å². The third-order valence-electron chi connectivity index (χ3n) is 2.29. The van der Waals surface area contributed by atoms with Crippen molar-refractivity contribution in [3.63, 3.8) is 0 Å². The second-order valence-corrected chi connectivity index (χ2v) is 5.16. The van der Waals surface area contributed by atoms with E-state index in [2.05, 4.69) is 0 Å². The fraction of sp³-hybridized carbons (Fsp3) is 0.333. The number of hydrogen-bond donors (Lipinski definition) is 1. The molecule has 1 rings (SSSR count). The zero-order chi connectivity index (χ0) is 13.7. The van der Waals surface area contributed by atoms with E-state index in [9.17, 15) is 13.8 Å². The van der Waals surface area contributed by atoms with E-state index in [1.54, 1.807) is 18.2 Å². The molecule has 0 aromatic heterocycles. The Morgan fingerprint density at radius 1 is 1.39 bits per heavy atom. The van der Waals surface area contributed by atoms with Gasteiger partial charge in [-0.25, -0.2) is 0 Å². The first-order chi connectivity index (χ1) is 8.43. The van der Waals surface area contributed by atoms with E-state index in [1.165, 1.54) is 14.0 Å². The van der Waals surface area contributed by atoms with Crippen molar-refractivity contribution >= 4 is 22.6 Å². The van der Waals surface area contributed by atoms with Crippen LogP contribution in [0, 0.1) is 0 Å². The zero-order valence-corrected chi connectivity index (χ0v) is 11.0. The minimum Gasteiger partial charge on any atom is -0.496 e. The average Bonchev–Trinajstić information content (AvgIpc) is 2.27. The number of carboxylic acids is 1. The van der Waals surface area contributed by atoms with Crippen LogP contribution in [0.2, 0.25) is 0 Å². The van der Waals surface area contributed by atoms with Crippen LogP contribution >= 0.6 is 0 Å². The number of ketones is 1. The van der Waals surface area contributed by atoms with E-state index in [4.69, 9.17) is 9.84 Å². The van der Waals surface area contributed by atoms with Crippen LogP contribution in [-0.2, 0) is 21.3 Å². The van der Waals surface area contributed by atoms with E-state index in [0.29, 0.717) is 16.9 Å².